The van der Waals surface area contributed by atoms with Gasteiger partial charge in [0, 0.05) is 0 Å². The molecule has 1 saturated heterocycles. The molecule has 0 spiro atoms. The largest absolute Gasteiger partial charge is 0.479 e. The summed E-state index contributed by atoms with van der Waals surface area (Å²) in [6.45, 7) is 1.73. The van der Waals surface area contributed by atoms with Gasteiger partial charge in [-0.1, -0.05) is 0 Å². The van der Waals surface area contributed by atoms with Gasteiger partial charge in [0.05, 0.1) is 6.10 Å². The van der Waals surface area contributed by atoms with Crippen LogP contribution in [0.25, 0.3) is 0 Å². The van der Waals surface area contributed by atoms with Crippen molar-refractivity contribution >= 4 is 5.97 Å². The van der Waals surface area contributed by atoms with Gasteiger partial charge in [0.2, 0.25) is 0 Å². The molecule has 2 atom stereocenters. The summed E-state index contributed by atoms with van der Waals surface area (Å²) < 4.78 is 4.58. The van der Waals surface area contributed by atoms with Crippen LogP contribution in [0.4, 0.5) is 0 Å². The summed E-state index contributed by atoms with van der Waals surface area (Å²) in [5.74, 6) is -0.854. The summed E-state index contributed by atoms with van der Waals surface area (Å²) in [6.07, 6.45) is -0.572. The van der Waals surface area contributed by atoms with Crippen LogP contribution in [0, 0.1) is 0 Å². The van der Waals surface area contributed by atoms with Crippen molar-refractivity contribution in [1.82, 2.24) is 0 Å². The van der Waals surface area contributed by atoms with E-state index in [0.717, 1.165) is 0 Å². The quantitative estimate of drug-likeness (QED) is 0.469. The van der Waals surface area contributed by atoms with Gasteiger partial charge in [0.1, 0.15) is 0 Å². The molecule has 0 bridgehead atoms. The van der Waals surface area contributed by atoms with Gasteiger partial charge in [0.15, 0.2) is 6.10 Å². The number of carboxylic acid groups (broad SMARTS) is 1. The molecule has 0 radical (unpaired) electrons. The fourth-order valence-corrected chi connectivity index (χ4v) is 0.445. The maximum atomic E-state index is 9.85. The summed E-state index contributed by atoms with van der Waals surface area (Å²) in [5, 5.41) is 8.10. The van der Waals surface area contributed by atoms with E-state index in [1.165, 1.54) is 0 Å². The van der Waals surface area contributed by atoms with Gasteiger partial charge in [-0.25, -0.2) is 4.79 Å². The maximum absolute atomic E-state index is 9.85. The van der Waals surface area contributed by atoms with Crippen LogP contribution in [0.15, 0.2) is 0 Å². The van der Waals surface area contributed by atoms with E-state index in [0.29, 0.717) is 0 Å². The van der Waals surface area contributed by atoms with Crippen LogP contribution in [-0.4, -0.2) is 23.3 Å². The highest BCUT2D eigenvalue weighted by atomic mass is 16.6. The first kappa shape index (κ1) is 4.59. The number of ether oxygens (including phenoxy) is 1. The normalized spacial score (nSPS) is 37.9. The molecule has 0 amide bonds. The minimum atomic E-state index is -0.854. The molecule has 0 unspecified atom stereocenters. The van der Waals surface area contributed by atoms with Gasteiger partial charge in [-0.3, -0.25) is 0 Å². The van der Waals surface area contributed by atoms with Crippen LogP contribution in [0.5, 0.6) is 0 Å². The SMILES string of the molecule is C[C@@H]1O[C@H]1C(=O)O. The number of aliphatic carboxylic acids is 1. The first-order chi connectivity index (χ1) is 3.22. The average molecular weight is 102 g/mol. The number of carboxylic acids is 1. The molecule has 0 aromatic carbocycles. The third-order valence-corrected chi connectivity index (χ3v) is 0.954. The monoisotopic (exact) mass is 102 g/mol. The topological polar surface area (TPSA) is 49.8 Å². The molecule has 0 aromatic heterocycles. The lowest BCUT2D eigenvalue weighted by Gasteiger charge is -1.74. The Balaban J connectivity index is 2.33. The fraction of sp³-hybridized carbons (Fsp3) is 0.750. The zero-order chi connectivity index (χ0) is 5.44. The first-order valence-electron chi connectivity index (χ1n) is 2.10. The fourth-order valence-electron chi connectivity index (χ4n) is 0.445. The van der Waals surface area contributed by atoms with E-state index in [1.54, 1.807) is 6.92 Å². The Morgan fingerprint density at radius 2 is 2.29 bits per heavy atom. The van der Waals surface area contributed by atoms with Gasteiger partial charge in [-0.2, -0.15) is 0 Å². The maximum Gasteiger partial charge on any atom is 0.335 e. The Morgan fingerprint density at radius 3 is 2.29 bits per heavy atom. The second-order valence-corrected chi connectivity index (χ2v) is 1.60. The van der Waals surface area contributed by atoms with Gasteiger partial charge in [-0.05, 0) is 6.92 Å². The number of hydrogen-bond donors (Lipinski definition) is 1. The molecule has 0 saturated carbocycles. The van der Waals surface area contributed by atoms with Gasteiger partial charge < -0.3 is 9.84 Å². The lowest BCUT2D eigenvalue weighted by molar-refractivity contribution is -0.138. The molecule has 7 heavy (non-hydrogen) atoms. The molecular formula is C4H6O3. The second-order valence-electron chi connectivity index (χ2n) is 1.60. The molecule has 1 rings (SSSR count). The Labute approximate surface area is 40.9 Å². The molecule has 40 valence electrons. The molecule has 3 heteroatoms. The third-order valence-electron chi connectivity index (χ3n) is 0.954. The van der Waals surface area contributed by atoms with E-state index in [2.05, 4.69) is 4.74 Å². The Kier molecular flexibility index (Phi) is 0.785. The number of rotatable bonds is 1. The molecule has 0 aliphatic carbocycles. The van der Waals surface area contributed by atoms with E-state index >= 15 is 0 Å². The van der Waals surface area contributed by atoms with E-state index in [4.69, 9.17) is 5.11 Å². The molecule has 3 nitrogen and oxygen atoms in total. The Bertz CT molecular complexity index is 99.1. The van der Waals surface area contributed by atoms with Crippen LogP contribution in [0.2, 0.25) is 0 Å². The predicted molar refractivity (Wildman–Crippen MR) is 22.0 cm³/mol. The summed E-state index contributed by atoms with van der Waals surface area (Å²) in [7, 11) is 0. The van der Waals surface area contributed by atoms with Crippen molar-refractivity contribution in [2.24, 2.45) is 0 Å². The number of carbonyl (C=O) groups is 1. The predicted octanol–water partition coefficient (Wildman–Crippen LogP) is -0.142. The van der Waals surface area contributed by atoms with Crippen molar-refractivity contribution in [2.45, 2.75) is 19.1 Å². The van der Waals surface area contributed by atoms with Crippen molar-refractivity contribution < 1.29 is 14.6 Å². The lowest BCUT2D eigenvalue weighted by atomic mass is 10.4. The molecule has 1 N–H and O–H groups in total. The molecular weight excluding hydrogens is 96.0 g/mol. The van der Waals surface area contributed by atoms with Gasteiger partial charge in [0.25, 0.3) is 0 Å². The molecule has 1 heterocycles. The first-order valence-corrected chi connectivity index (χ1v) is 2.10. The standard InChI is InChI=1S/C4H6O3/c1-2-3(7-2)4(5)6/h2-3H,1H3,(H,5,6)/t2-,3+/m0/s1. The van der Waals surface area contributed by atoms with Crippen LogP contribution in [0.1, 0.15) is 6.92 Å². The Morgan fingerprint density at radius 1 is 1.86 bits per heavy atom. The van der Waals surface area contributed by atoms with Crippen LogP contribution < -0.4 is 0 Å². The van der Waals surface area contributed by atoms with Crippen LogP contribution >= 0.6 is 0 Å². The molecule has 1 aliphatic rings. The lowest BCUT2D eigenvalue weighted by Crippen LogP contribution is -2.05. The summed E-state index contributed by atoms with van der Waals surface area (Å²) in [5.41, 5.74) is 0. The summed E-state index contributed by atoms with van der Waals surface area (Å²) in [4.78, 5) is 9.85. The van der Waals surface area contributed by atoms with Crippen molar-refractivity contribution in [1.29, 1.82) is 0 Å². The van der Waals surface area contributed by atoms with Crippen molar-refractivity contribution in [3.05, 3.63) is 0 Å². The van der Waals surface area contributed by atoms with Gasteiger partial charge >= 0.3 is 5.97 Å². The highest BCUT2D eigenvalue weighted by Crippen LogP contribution is 2.20. The van der Waals surface area contributed by atoms with Crippen molar-refractivity contribution in [3.63, 3.8) is 0 Å². The van der Waals surface area contributed by atoms with Crippen LogP contribution in [0.3, 0.4) is 0 Å². The molecule has 1 aliphatic heterocycles. The third kappa shape index (κ3) is 0.718. The van der Waals surface area contributed by atoms with Crippen molar-refractivity contribution in [2.75, 3.05) is 0 Å². The Hall–Kier alpha value is -0.570. The van der Waals surface area contributed by atoms with Crippen LogP contribution in [-0.2, 0) is 9.53 Å². The zero-order valence-electron chi connectivity index (χ0n) is 3.92. The highest BCUT2D eigenvalue weighted by Gasteiger charge is 2.40. The van der Waals surface area contributed by atoms with E-state index < -0.39 is 12.1 Å². The molecule has 0 aromatic rings. The molecule has 1 fully saturated rings. The average Bonchev–Trinajstić information content (AvgIpc) is 2.17. The number of hydrogen-bond acceptors (Lipinski definition) is 2. The zero-order valence-corrected chi connectivity index (χ0v) is 3.92. The van der Waals surface area contributed by atoms with E-state index in [1.807, 2.05) is 0 Å². The smallest absolute Gasteiger partial charge is 0.335 e. The summed E-state index contributed by atoms with van der Waals surface area (Å²) >= 11 is 0. The van der Waals surface area contributed by atoms with Gasteiger partial charge in [-0.15, -0.1) is 0 Å². The van der Waals surface area contributed by atoms with Crippen molar-refractivity contribution in [3.8, 4) is 0 Å². The minimum Gasteiger partial charge on any atom is -0.479 e. The van der Waals surface area contributed by atoms with E-state index in [9.17, 15) is 4.79 Å². The summed E-state index contributed by atoms with van der Waals surface area (Å²) in [6, 6.07) is 0. The minimum absolute atomic E-state index is 0.0579. The number of epoxide rings is 1. The second kappa shape index (κ2) is 1.20. The highest BCUT2D eigenvalue weighted by molar-refractivity contribution is 5.75. The van der Waals surface area contributed by atoms with E-state index in [-0.39, 0.29) is 6.10 Å².